The average molecular weight is 360 g/mol. The fourth-order valence-corrected chi connectivity index (χ4v) is 4.20. The zero-order chi connectivity index (χ0) is 18.6. The summed E-state index contributed by atoms with van der Waals surface area (Å²) in [5.41, 5.74) is 1.32. The molecule has 1 spiro atoms. The van der Waals surface area contributed by atoms with Gasteiger partial charge in [0, 0.05) is 25.7 Å². The van der Waals surface area contributed by atoms with Gasteiger partial charge in [-0.05, 0) is 69.6 Å². The zero-order valence-electron chi connectivity index (χ0n) is 16.3. The van der Waals surface area contributed by atoms with Crippen molar-refractivity contribution in [2.24, 2.45) is 5.92 Å². The van der Waals surface area contributed by atoms with E-state index >= 15 is 0 Å². The number of carbonyl (C=O) groups is 1. The summed E-state index contributed by atoms with van der Waals surface area (Å²) in [6.07, 6.45) is 5.19. The smallest absolute Gasteiger partial charge is 0.317 e. The number of hydrogen-bond donors (Lipinski definition) is 1. The van der Waals surface area contributed by atoms with Crippen LogP contribution in [-0.4, -0.2) is 49.4 Å². The van der Waals surface area contributed by atoms with Gasteiger partial charge in [-0.2, -0.15) is 0 Å². The van der Waals surface area contributed by atoms with Crippen molar-refractivity contribution in [1.29, 1.82) is 0 Å². The zero-order valence-corrected chi connectivity index (χ0v) is 16.3. The maximum atomic E-state index is 12.2. The summed E-state index contributed by atoms with van der Waals surface area (Å²) in [4.78, 5) is 14.1. The molecule has 0 aliphatic carbocycles. The van der Waals surface area contributed by atoms with Gasteiger partial charge in [-0.25, -0.2) is 4.79 Å². The average Bonchev–Trinajstić information content (AvgIpc) is 2.62. The van der Waals surface area contributed by atoms with Gasteiger partial charge in [0.1, 0.15) is 5.75 Å². The molecule has 2 saturated heterocycles. The molecule has 2 aliphatic heterocycles. The number of hydrogen-bond acceptors (Lipinski definition) is 3. The molecule has 26 heavy (non-hydrogen) atoms. The van der Waals surface area contributed by atoms with Gasteiger partial charge in [-0.1, -0.05) is 12.1 Å². The molecule has 0 radical (unpaired) electrons. The Bertz CT molecular complexity index is 592. The van der Waals surface area contributed by atoms with E-state index in [1.54, 1.807) is 7.11 Å². The lowest BCUT2D eigenvalue weighted by Gasteiger charge is -2.46. The Balaban J connectivity index is 1.54. The number of carbonyl (C=O) groups excluding carboxylic acids is 1. The second-order valence-electron chi connectivity index (χ2n) is 8.03. The normalized spacial score (nSPS) is 22.5. The minimum atomic E-state index is -0.0377. The standard InChI is InChI=1S/C21H32N2O3/c1-16(2)22-20(24)23-11-9-21(10-12-23)15-18(8-13-26-21)14-17-4-6-19(25-3)7-5-17/h4-7,16,18H,8-15H2,1-3H3,(H,22,24). The van der Waals surface area contributed by atoms with Crippen molar-refractivity contribution in [3.8, 4) is 5.75 Å². The molecule has 144 valence electrons. The number of piperidine rings is 1. The highest BCUT2D eigenvalue weighted by atomic mass is 16.5. The van der Waals surface area contributed by atoms with Crippen LogP contribution >= 0.6 is 0 Å². The fourth-order valence-electron chi connectivity index (χ4n) is 4.20. The second-order valence-corrected chi connectivity index (χ2v) is 8.03. The number of benzene rings is 1. The molecule has 0 saturated carbocycles. The van der Waals surface area contributed by atoms with Gasteiger partial charge in [-0.15, -0.1) is 0 Å². The van der Waals surface area contributed by atoms with E-state index in [0.29, 0.717) is 5.92 Å². The highest BCUT2D eigenvalue weighted by molar-refractivity contribution is 5.74. The first-order valence-electron chi connectivity index (χ1n) is 9.82. The van der Waals surface area contributed by atoms with Crippen molar-refractivity contribution in [1.82, 2.24) is 10.2 Å². The summed E-state index contributed by atoms with van der Waals surface area (Å²) >= 11 is 0. The number of rotatable bonds is 4. The van der Waals surface area contributed by atoms with E-state index in [0.717, 1.165) is 57.6 Å². The summed E-state index contributed by atoms with van der Waals surface area (Å²) in [5.74, 6) is 1.55. The molecule has 2 fully saturated rings. The molecule has 0 aromatic heterocycles. The molecule has 1 unspecified atom stereocenters. The van der Waals surface area contributed by atoms with Crippen LogP contribution in [0.3, 0.4) is 0 Å². The number of nitrogens with zero attached hydrogens (tertiary/aromatic N) is 1. The minimum Gasteiger partial charge on any atom is -0.497 e. The van der Waals surface area contributed by atoms with Crippen LogP contribution in [0.4, 0.5) is 4.79 Å². The Kier molecular flexibility index (Phi) is 6.07. The molecule has 5 heteroatoms. The Morgan fingerprint density at radius 2 is 2.00 bits per heavy atom. The van der Waals surface area contributed by atoms with Crippen LogP contribution in [0.2, 0.25) is 0 Å². The van der Waals surface area contributed by atoms with Gasteiger partial charge in [-0.3, -0.25) is 0 Å². The summed E-state index contributed by atoms with van der Waals surface area (Å²) in [7, 11) is 1.70. The number of urea groups is 1. The van der Waals surface area contributed by atoms with Crippen LogP contribution in [0.5, 0.6) is 5.75 Å². The molecule has 2 amide bonds. The lowest BCUT2D eigenvalue weighted by molar-refractivity contribution is -0.122. The quantitative estimate of drug-likeness (QED) is 0.892. The van der Waals surface area contributed by atoms with Crippen LogP contribution in [0.15, 0.2) is 24.3 Å². The third-order valence-corrected chi connectivity index (χ3v) is 5.65. The number of amides is 2. The number of methoxy groups -OCH3 is 1. The van der Waals surface area contributed by atoms with Gasteiger partial charge in [0.15, 0.2) is 0 Å². The maximum absolute atomic E-state index is 12.2. The molecular weight excluding hydrogens is 328 g/mol. The number of nitrogens with one attached hydrogen (secondary N) is 1. The molecule has 1 atom stereocenters. The number of ether oxygens (including phenoxy) is 2. The van der Waals surface area contributed by atoms with Gasteiger partial charge in [0.05, 0.1) is 12.7 Å². The van der Waals surface area contributed by atoms with E-state index in [-0.39, 0.29) is 17.7 Å². The lowest BCUT2D eigenvalue weighted by Crippen LogP contribution is -2.53. The summed E-state index contributed by atoms with van der Waals surface area (Å²) in [6.45, 7) is 6.40. The van der Waals surface area contributed by atoms with Crippen molar-refractivity contribution in [2.75, 3.05) is 26.8 Å². The molecular formula is C21H32N2O3. The van der Waals surface area contributed by atoms with E-state index in [1.807, 2.05) is 30.9 Å². The van der Waals surface area contributed by atoms with Crippen molar-refractivity contribution < 1.29 is 14.3 Å². The molecule has 1 N–H and O–H groups in total. The van der Waals surface area contributed by atoms with E-state index in [1.165, 1.54) is 5.56 Å². The first kappa shape index (κ1) is 19.0. The maximum Gasteiger partial charge on any atom is 0.317 e. The highest BCUT2D eigenvalue weighted by Crippen LogP contribution is 2.38. The first-order valence-corrected chi connectivity index (χ1v) is 9.82. The molecule has 2 aliphatic rings. The topological polar surface area (TPSA) is 50.8 Å². The Morgan fingerprint density at radius 1 is 1.31 bits per heavy atom. The van der Waals surface area contributed by atoms with Crippen molar-refractivity contribution in [2.45, 2.75) is 57.6 Å². The highest BCUT2D eigenvalue weighted by Gasteiger charge is 2.41. The third-order valence-electron chi connectivity index (χ3n) is 5.65. The van der Waals surface area contributed by atoms with E-state index in [9.17, 15) is 4.79 Å². The van der Waals surface area contributed by atoms with Crippen LogP contribution in [-0.2, 0) is 11.2 Å². The summed E-state index contributed by atoms with van der Waals surface area (Å²) in [6, 6.07) is 8.64. The molecule has 5 nitrogen and oxygen atoms in total. The van der Waals surface area contributed by atoms with Gasteiger partial charge < -0.3 is 19.7 Å². The Labute approximate surface area is 157 Å². The van der Waals surface area contributed by atoms with Gasteiger partial charge >= 0.3 is 6.03 Å². The lowest BCUT2D eigenvalue weighted by atomic mass is 9.77. The minimum absolute atomic E-state index is 0.0377. The molecule has 1 aromatic carbocycles. The first-order chi connectivity index (χ1) is 12.5. The third kappa shape index (κ3) is 4.70. The summed E-state index contributed by atoms with van der Waals surface area (Å²) in [5, 5.41) is 2.99. The van der Waals surface area contributed by atoms with E-state index in [2.05, 4.69) is 17.4 Å². The predicted molar refractivity (Wildman–Crippen MR) is 103 cm³/mol. The second kappa shape index (κ2) is 8.30. The van der Waals surface area contributed by atoms with Crippen LogP contribution in [0.1, 0.15) is 45.1 Å². The van der Waals surface area contributed by atoms with E-state index < -0.39 is 0 Å². The fraction of sp³-hybridized carbons (Fsp3) is 0.667. The predicted octanol–water partition coefficient (Wildman–Crippen LogP) is 3.62. The van der Waals surface area contributed by atoms with Crippen LogP contribution in [0.25, 0.3) is 0 Å². The molecule has 2 heterocycles. The SMILES string of the molecule is COc1ccc(CC2CCOC3(CCN(C(=O)NC(C)C)CC3)C2)cc1. The van der Waals surface area contributed by atoms with E-state index in [4.69, 9.17) is 9.47 Å². The van der Waals surface area contributed by atoms with Crippen molar-refractivity contribution in [3.63, 3.8) is 0 Å². The summed E-state index contributed by atoms with van der Waals surface area (Å²) < 4.78 is 11.5. The largest absolute Gasteiger partial charge is 0.497 e. The molecule has 3 rings (SSSR count). The monoisotopic (exact) mass is 360 g/mol. The van der Waals surface area contributed by atoms with Gasteiger partial charge in [0.25, 0.3) is 0 Å². The van der Waals surface area contributed by atoms with Crippen LogP contribution in [0, 0.1) is 5.92 Å². The van der Waals surface area contributed by atoms with Crippen LogP contribution < -0.4 is 10.1 Å². The Hall–Kier alpha value is -1.75. The van der Waals surface area contributed by atoms with Crippen molar-refractivity contribution in [3.05, 3.63) is 29.8 Å². The molecule has 0 bridgehead atoms. The molecule has 1 aromatic rings. The number of likely N-dealkylation sites (tertiary alicyclic amines) is 1. The van der Waals surface area contributed by atoms with Gasteiger partial charge in [0.2, 0.25) is 0 Å². The van der Waals surface area contributed by atoms with Crippen molar-refractivity contribution >= 4 is 6.03 Å². The Morgan fingerprint density at radius 3 is 2.62 bits per heavy atom.